The third-order valence-electron chi connectivity index (χ3n) is 2.09. The van der Waals surface area contributed by atoms with Gasteiger partial charge >= 0.3 is 0 Å². The van der Waals surface area contributed by atoms with Gasteiger partial charge in [-0.3, -0.25) is 0 Å². The fourth-order valence-corrected chi connectivity index (χ4v) is 1.91. The van der Waals surface area contributed by atoms with Crippen molar-refractivity contribution in [3.63, 3.8) is 0 Å². The van der Waals surface area contributed by atoms with E-state index in [1.54, 1.807) is 0 Å². The molecule has 0 aromatic heterocycles. The molecule has 3 heteroatoms. The van der Waals surface area contributed by atoms with Crippen LogP contribution in [0.3, 0.4) is 0 Å². The molecule has 0 aromatic carbocycles. The average molecular weight is 316 g/mol. The fraction of sp³-hybridized carbons (Fsp3) is 1.00. The lowest BCUT2D eigenvalue weighted by atomic mass is 10.1. The molecule has 0 aliphatic heterocycles. The summed E-state index contributed by atoms with van der Waals surface area (Å²) in [7, 11) is 0. The maximum atomic E-state index is 8.56. The number of rotatable bonds is 9. The van der Waals surface area contributed by atoms with Crippen LogP contribution in [0.15, 0.2) is 0 Å². The highest BCUT2D eigenvalue weighted by atomic mass is 79.9. The average Bonchev–Trinajstić information content (AvgIpc) is 2.16. The van der Waals surface area contributed by atoms with E-state index >= 15 is 0 Å². The molecule has 0 aliphatic rings. The maximum Gasteiger partial charge on any atom is 0.0431 e. The van der Waals surface area contributed by atoms with E-state index in [1.165, 1.54) is 38.5 Å². The smallest absolute Gasteiger partial charge is 0.0431 e. The molecule has 0 amide bonds. The summed E-state index contributed by atoms with van der Waals surface area (Å²) in [6.45, 7) is 0.354. The van der Waals surface area contributed by atoms with E-state index in [2.05, 4.69) is 31.9 Å². The number of aliphatic hydroxyl groups is 1. The molecule has 0 bridgehead atoms. The molecule has 0 rings (SSSR count). The van der Waals surface area contributed by atoms with Gasteiger partial charge in [0, 0.05) is 16.8 Å². The summed E-state index contributed by atoms with van der Waals surface area (Å²) >= 11 is 7.03. The highest BCUT2D eigenvalue weighted by Gasteiger charge is 2.00. The van der Waals surface area contributed by atoms with Crippen LogP contribution < -0.4 is 0 Å². The van der Waals surface area contributed by atoms with Crippen LogP contribution in [0, 0.1) is 0 Å². The minimum Gasteiger partial charge on any atom is -0.396 e. The van der Waals surface area contributed by atoms with Crippen LogP contribution in [-0.2, 0) is 0 Å². The topological polar surface area (TPSA) is 20.2 Å². The summed E-state index contributed by atoms with van der Waals surface area (Å²) in [5.74, 6) is 0. The Morgan fingerprint density at radius 1 is 0.923 bits per heavy atom. The Hall–Kier alpha value is 0.920. The molecular formula is C10H20Br2O. The van der Waals surface area contributed by atoms with Crippen LogP contribution >= 0.6 is 31.9 Å². The third-order valence-corrected chi connectivity index (χ3v) is 4.52. The fourth-order valence-electron chi connectivity index (χ4n) is 1.26. The normalized spacial score (nSPS) is 13.2. The van der Waals surface area contributed by atoms with Crippen molar-refractivity contribution in [2.75, 3.05) is 11.9 Å². The molecule has 0 radical (unpaired) electrons. The third kappa shape index (κ3) is 10.8. The van der Waals surface area contributed by atoms with Crippen molar-refractivity contribution >= 4 is 31.9 Å². The first-order valence-electron chi connectivity index (χ1n) is 5.12. The molecule has 1 nitrogen and oxygen atoms in total. The molecule has 0 aromatic rings. The second-order valence-corrected chi connectivity index (χ2v) is 5.33. The van der Waals surface area contributed by atoms with Crippen LogP contribution in [0.5, 0.6) is 0 Å². The van der Waals surface area contributed by atoms with Gasteiger partial charge in [-0.15, -0.1) is 0 Å². The van der Waals surface area contributed by atoms with Crippen molar-refractivity contribution in [2.24, 2.45) is 0 Å². The van der Waals surface area contributed by atoms with Gasteiger partial charge in [-0.05, 0) is 12.8 Å². The molecule has 0 heterocycles. The Morgan fingerprint density at radius 2 is 1.46 bits per heavy atom. The summed E-state index contributed by atoms with van der Waals surface area (Å²) in [6, 6.07) is 0. The largest absolute Gasteiger partial charge is 0.396 e. The molecule has 1 atom stereocenters. The quantitative estimate of drug-likeness (QED) is 0.506. The zero-order valence-corrected chi connectivity index (χ0v) is 11.3. The number of halogens is 2. The van der Waals surface area contributed by atoms with Crippen molar-refractivity contribution in [2.45, 2.75) is 49.8 Å². The lowest BCUT2D eigenvalue weighted by molar-refractivity contribution is 0.282. The minimum absolute atomic E-state index is 0.354. The summed E-state index contributed by atoms with van der Waals surface area (Å²) in [5, 5.41) is 9.62. The monoisotopic (exact) mass is 314 g/mol. The van der Waals surface area contributed by atoms with E-state index < -0.39 is 0 Å². The van der Waals surface area contributed by atoms with Crippen LogP contribution in [0.2, 0.25) is 0 Å². The predicted octanol–water partition coefficient (Wildman–Crippen LogP) is 3.87. The Labute approximate surface area is 98.6 Å². The van der Waals surface area contributed by atoms with Crippen LogP contribution in [0.1, 0.15) is 44.9 Å². The summed E-state index contributed by atoms with van der Waals surface area (Å²) in [5.41, 5.74) is 0. The van der Waals surface area contributed by atoms with Gasteiger partial charge < -0.3 is 5.11 Å². The molecule has 0 fully saturated rings. The van der Waals surface area contributed by atoms with Gasteiger partial charge in [0.1, 0.15) is 0 Å². The Kier molecular flexibility index (Phi) is 11.8. The van der Waals surface area contributed by atoms with Crippen LogP contribution in [0.4, 0.5) is 0 Å². The highest BCUT2D eigenvalue weighted by Crippen LogP contribution is 2.14. The van der Waals surface area contributed by atoms with E-state index in [0.717, 1.165) is 11.8 Å². The van der Waals surface area contributed by atoms with E-state index in [1.807, 2.05) is 0 Å². The van der Waals surface area contributed by atoms with Crippen LogP contribution in [0.25, 0.3) is 0 Å². The van der Waals surface area contributed by atoms with E-state index in [-0.39, 0.29) is 0 Å². The number of unbranched alkanes of at least 4 members (excludes halogenated alkanes) is 5. The zero-order valence-electron chi connectivity index (χ0n) is 8.14. The lowest BCUT2D eigenvalue weighted by Crippen LogP contribution is -1.97. The molecule has 80 valence electrons. The molecule has 1 N–H and O–H groups in total. The zero-order chi connectivity index (χ0) is 9.94. The first-order chi connectivity index (χ1) is 6.31. The van der Waals surface area contributed by atoms with E-state index in [0.29, 0.717) is 11.4 Å². The van der Waals surface area contributed by atoms with Gasteiger partial charge in [-0.1, -0.05) is 64.0 Å². The van der Waals surface area contributed by atoms with E-state index in [9.17, 15) is 0 Å². The van der Waals surface area contributed by atoms with Crippen molar-refractivity contribution in [3.8, 4) is 0 Å². The van der Waals surface area contributed by atoms with Gasteiger partial charge in [-0.2, -0.15) is 0 Å². The summed E-state index contributed by atoms with van der Waals surface area (Å²) in [4.78, 5) is 0.643. The Bertz CT molecular complexity index is 98.9. The molecule has 0 spiro atoms. The second kappa shape index (κ2) is 11.0. The first-order valence-corrected chi connectivity index (χ1v) is 7.16. The summed E-state index contributed by atoms with van der Waals surface area (Å²) in [6.07, 6.45) is 8.69. The number of aliphatic hydroxyl groups excluding tert-OH is 1. The molecule has 1 unspecified atom stereocenters. The maximum absolute atomic E-state index is 8.56. The Balaban J connectivity index is 2.91. The number of hydrogen-bond donors (Lipinski definition) is 1. The summed E-state index contributed by atoms with van der Waals surface area (Å²) < 4.78 is 0. The van der Waals surface area contributed by atoms with Gasteiger partial charge in [0.25, 0.3) is 0 Å². The van der Waals surface area contributed by atoms with Gasteiger partial charge in [0.15, 0.2) is 0 Å². The van der Waals surface area contributed by atoms with E-state index in [4.69, 9.17) is 5.11 Å². The van der Waals surface area contributed by atoms with Crippen molar-refractivity contribution in [3.05, 3.63) is 0 Å². The molecular weight excluding hydrogens is 296 g/mol. The van der Waals surface area contributed by atoms with Crippen molar-refractivity contribution in [1.82, 2.24) is 0 Å². The number of alkyl halides is 2. The molecule has 13 heavy (non-hydrogen) atoms. The highest BCUT2D eigenvalue weighted by molar-refractivity contribution is 9.12. The Morgan fingerprint density at radius 3 is 2.00 bits per heavy atom. The minimum atomic E-state index is 0.354. The number of hydrogen-bond acceptors (Lipinski definition) is 1. The van der Waals surface area contributed by atoms with Crippen molar-refractivity contribution < 1.29 is 5.11 Å². The first kappa shape index (κ1) is 13.9. The van der Waals surface area contributed by atoms with Crippen molar-refractivity contribution in [1.29, 1.82) is 0 Å². The predicted molar refractivity (Wildman–Crippen MR) is 65.9 cm³/mol. The standard InChI is InChI=1S/C10H20Br2O/c11-9-10(12)7-5-3-1-2-4-6-8-13/h10,13H,1-9H2. The molecule has 0 aliphatic carbocycles. The molecule has 0 saturated carbocycles. The van der Waals surface area contributed by atoms with Crippen LogP contribution in [-0.4, -0.2) is 21.9 Å². The molecule has 0 saturated heterocycles. The second-order valence-electron chi connectivity index (χ2n) is 3.39. The van der Waals surface area contributed by atoms with Gasteiger partial charge in [0.2, 0.25) is 0 Å². The lowest BCUT2D eigenvalue weighted by Gasteiger charge is -2.04. The van der Waals surface area contributed by atoms with Gasteiger partial charge in [0.05, 0.1) is 0 Å². The SMILES string of the molecule is OCCCCCCCCC(Br)CBr. The van der Waals surface area contributed by atoms with Gasteiger partial charge in [-0.25, -0.2) is 0 Å².